The fourth-order valence-corrected chi connectivity index (χ4v) is 7.45. The molecule has 0 spiro atoms. The summed E-state index contributed by atoms with van der Waals surface area (Å²) in [6.07, 6.45) is 0.294. The summed E-state index contributed by atoms with van der Waals surface area (Å²) in [5.41, 5.74) is 5.10. The van der Waals surface area contributed by atoms with Crippen molar-refractivity contribution in [2.75, 3.05) is 20.9 Å². The lowest BCUT2D eigenvalue weighted by Crippen LogP contribution is -2.67. The van der Waals surface area contributed by atoms with Crippen LogP contribution in [0, 0.1) is 11.8 Å². The lowest BCUT2D eigenvalue weighted by atomic mass is 9.57. The summed E-state index contributed by atoms with van der Waals surface area (Å²) in [6, 6.07) is 16.8. The molecule has 4 aliphatic rings. The van der Waals surface area contributed by atoms with Crippen molar-refractivity contribution < 1.29 is 45.3 Å². The molecule has 3 aromatic rings. The molecule has 1 unspecified atom stereocenters. The van der Waals surface area contributed by atoms with E-state index < -0.39 is 52.3 Å². The van der Waals surface area contributed by atoms with Crippen LogP contribution >= 0.6 is 0 Å². The summed E-state index contributed by atoms with van der Waals surface area (Å²) in [4.78, 5) is 42.8. The van der Waals surface area contributed by atoms with Crippen LogP contribution in [0.25, 0.3) is 16.9 Å². The number of ether oxygens (including phenoxy) is 3. The van der Waals surface area contributed by atoms with Gasteiger partial charge in [0.2, 0.25) is 18.4 Å². The van der Waals surface area contributed by atoms with Crippen molar-refractivity contribution >= 4 is 23.2 Å². The highest BCUT2D eigenvalue weighted by Gasteiger charge is 2.65. The number of nitrogens with zero attached hydrogens (tertiary/aromatic N) is 1. The molecule has 0 bridgehead atoms. The first-order valence-corrected chi connectivity index (χ1v) is 14.9. The van der Waals surface area contributed by atoms with E-state index in [4.69, 9.17) is 19.9 Å². The van der Waals surface area contributed by atoms with Crippen molar-refractivity contribution in [3.05, 3.63) is 94.3 Å². The highest BCUT2D eigenvalue weighted by Crippen LogP contribution is 2.53. The molecule has 3 aliphatic carbocycles. The number of carbonyl (C=O) groups excluding carboxylic acids is 3. The molecule has 0 aromatic heterocycles. The molecule has 1 aliphatic heterocycles. The third-order valence-corrected chi connectivity index (χ3v) is 9.50. The second-order valence-corrected chi connectivity index (χ2v) is 12.3. The number of hydrogen-bond donors (Lipinski definition) is 4. The summed E-state index contributed by atoms with van der Waals surface area (Å²) in [5, 5.41) is 34.7. The summed E-state index contributed by atoms with van der Waals surface area (Å²) in [6.45, 7) is 0.118. The van der Waals surface area contributed by atoms with E-state index >= 15 is 0 Å². The Morgan fingerprint density at radius 3 is 2.50 bits per heavy atom. The van der Waals surface area contributed by atoms with Gasteiger partial charge in [-0.1, -0.05) is 42.5 Å². The Kier molecular flexibility index (Phi) is 6.91. The topological polar surface area (TPSA) is 169 Å². The Labute approximate surface area is 265 Å². The predicted octanol–water partition coefficient (Wildman–Crippen LogP) is 3.26. The molecule has 11 heteroatoms. The molecule has 1 amide bonds. The smallest absolute Gasteiger partial charge is 0.255 e. The normalized spacial score (nSPS) is 24.9. The molecule has 0 saturated heterocycles. The van der Waals surface area contributed by atoms with Crippen LogP contribution < -0.4 is 15.2 Å². The molecule has 0 radical (unpaired) electrons. The SMILES string of the molecule is CN(C)[C@@H]1C(OCc2ccccc2)=C(C(N)=O)C(=O)[C@@]2(O)C(=O)C3=C(O)c4c(O)ccc(-c5ccc6c(c5)OCO6)c4C[C@H]3CC12.[HH]. The lowest BCUT2D eigenvalue weighted by molar-refractivity contribution is -0.162. The van der Waals surface area contributed by atoms with Crippen molar-refractivity contribution in [3.63, 3.8) is 0 Å². The molecule has 5 N–H and O–H groups in total. The van der Waals surface area contributed by atoms with E-state index in [0.29, 0.717) is 22.6 Å². The molecule has 1 saturated carbocycles. The Hall–Kier alpha value is -5.13. The van der Waals surface area contributed by atoms with Crippen LogP contribution in [-0.4, -0.2) is 70.2 Å². The van der Waals surface area contributed by atoms with E-state index in [0.717, 1.165) is 11.1 Å². The number of likely N-dealkylation sites (N-methyl/N-ethyl adjacent to an activating group) is 1. The third kappa shape index (κ3) is 4.30. The zero-order valence-corrected chi connectivity index (χ0v) is 25.1. The molecule has 11 nitrogen and oxygen atoms in total. The summed E-state index contributed by atoms with van der Waals surface area (Å²) < 4.78 is 17.1. The maximum Gasteiger partial charge on any atom is 0.255 e. The van der Waals surface area contributed by atoms with Crippen LogP contribution in [0.4, 0.5) is 0 Å². The second-order valence-electron chi connectivity index (χ2n) is 12.3. The average Bonchev–Trinajstić information content (AvgIpc) is 3.50. The number of amides is 1. The van der Waals surface area contributed by atoms with E-state index in [-0.39, 0.29) is 50.3 Å². The molecule has 238 valence electrons. The van der Waals surface area contributed by atoms with Crippen LogP contribution in [0.2, 0.25) is 0 Å². The van der Waals surface area contributed by atoms with Gasteiger partial charge in [-0.15, -0.1) is 0 Å². The number of fused-ring (bicyclic) bond motifs is 4. The van der Waals surface area contributed by atoms with Gasteiger partial charge in [0, 0.05) is 12.9 Å². The molecule has 3 aromatic carbocycles. The number of hydrogen-bond acceptors (Lipinski definition) is 10. The lowest BCUT2D eigenvalue weighted by Gasteiger charge is -2.50. The van der Waals surface area contributed by atoms with Crippen molar-refractivity contribution in [1.82, 2.24) is 4.90 Å². The van der Waals surface area contributed by atoms with Gasteiger partial charge < -0.3 is 35.3 Å². The number of aromatic hydroxyl groups is 1. The zero-order chi connectivity index (χ0) is 32.5. The number of phenols is 1. The third-order valence-electron chi connectivity index (χ3n) is 9.50. The number of aliphatic hydroxyl groups is 2. The van der Waals surface area contributed by atoms with Gasteiger partial charge in [-0.3, -0.25) is 19.3 Å². The van der Waals surface area contributed by atoms with Gasteiger partial charge in [-0.25, -0.2) is 0 Å². The van der Waals surface area contributed by atoms with Crippen LogP contribution in [0.5, 0.6) is 17.2 Å². The van der Waals surface area contributed by atoms with Crippen LogP contribution in [0.1, 0.15) is 24.5 Å². The molecule has 4 atom stereocenters. The Balaban J connectivity index is 0.00000386. The van der Waals surface area contributed by atoms with E-state index in [9.17, 15) is 29.7 Å². The molecular weight excluding hydrogens is 592 g/mol. The van der Waals surface area contributed by atoms with Gasteiger partial charge in [0.15, 0.2) is 17.1 Å². The van der Waals surface area contributed by atoms with Gasteiger partial charge in [0.25, 0.3) is 5.91 Å². The highest BCUT2D eigenvalue weighted by atomic mass is 16.7. The predicted molar refractivity (Wildman–Crippen MR) is 167 cm³/mol. The van der Waals surface area contributed by atoms with E-state index in [1.54, 1.807) is 31.1 Å². The van der Waals surface area contributed by atoms with Crippen LogP contribution in [0.15, 0.2) is 77.6 Å². The fourth-order valence-electron chi connectivity index (χ4n) is 7.45. The number of primary amides is 1. The summed E-state index contributed by atoms with van der Waals surface area (Å²) >= 11 is 0. The van der Waals surface area contributed by atoms with Crippen LogP contribution in [0.3, 0.4) is 0 Å². The maximum atomic E-state index is 14.3. The number of ketones is 2. The largest absolute Gasteiger partial charge is 0.507 e. The standard InChI is InChI=1S/C35H32N2O9.H2/c1-37(2)29-22-13-19-12-21-20(18-8-11-24-25(14-18)46-16-45-24)9-10-23(38)27(21)30(39)26(19)32(40)35(22,43)33(41)28(34(36)42)31(29)44-15-17-6-4-3-5-7-17;/h3-11,14,19,22,29,38-39,43H,12-13,15-16H2,1-2H3,(H2,36,42);1H/t19-,22?,29-,35-;/m0./s1. The van der Waals surface area contributed by atoms with Gasteiger partial charge in [-0.05, 0) is 73.3 Å². The number of aliphatic hydroxyl groups excluding tert-OH is 1. The van der Waals surface area contributed by atoms with E-state index in [1.807, 2.05) is 42.5 Å². The van der Waals surface area contributed by atoms with Crippen LogP contribution in [-0.2, 0) is 32.1 Å². The van der Waals surface area contributed by atoms with Gasteiger partial charge in [-0.2, -0.15) is 0 Å². The number of carbonyl (C=O) groups is 3. The molecule has 46 heavy (non-hydrogen) atoms. The first-order valence-electron chi connectivity index (χ1n) is 14.9. The number of nitrogens with two attached hydrogens (primary N) is 1. The summed E-state index contributed by atoms with van der Waals surface area (Å²) in [7, 11) is 3.40. The van der Waals surface area contributed by atoms with Crippen molar-refractivity contribution in [1.29, 1.82) is 0 Å². The van der Waals surface area contributed by atoms with Gasteiger partial charge >= 0.3 is 0 Å². The van der Waals surface area contributed by atoms with E-state index in [2.05, 4.69) is 0 Å². The first kappa shape index (κ1) is 29.6. The van der Waals surface area contributed by atoms with Crippen molar-refractivity contribution in [2.45, 2.75) is 31.1 Å². The van der Waals surface area contributed by atoms with Crippen molar-refractivity contribution in [3.8, 4) is 28.4 Å². The molecule has 7 rings (SSSR count). The summed E-state index contributed by atoms with van der Waals surface area (Å²) in [5.74, 6) is -4.66. The fraction of sp³-hybridized carbons (Fsp3) is 0.286. The average molecular weight is 627 g/mol. The molecule has 1 heterocycles. The number of Topliss-reactive ketones (excluding diaryl/α,β-unsaturated/α-hetero) is 2. The quantitative estimate of drug-likeness (QED) is 0.235. The first-order chi connectivity index (χ1) is 22.0. The van der Waals surface area contributed by atoms with Crippen molar-refractivity contribution in [2.24, 2.45) is 17.6 Å². The van der Waals surface area contributed by atoms with Gasteiger partial charge in [0.1, 0.15) is 29.4 Å². The Morgan fingerprint density at radius 2 is 1.78 bits per heavy atom. The molecule has 1 fully saturated rings. The number of phenolic OH excluding ortho intramolecular Hbond substituents is 1. The Bertz CT molecular complexity index is 1890. The minimum atomic E-state index is -2.71. The molecular formula is C35H34N2O9. The van der Waals surface area contributed by atoms with Gasteiger partial charge in [0.05, 0.1) is 11.6 Å². The Morgan fingerprint density at radius 1 is 1.04 bits per heavy atom. The number of rotatable bonds is 6. The monoisotopic (exact) mass is 626 g/mol. The number of benzene rings is 3. The minimum Gasteiger partial charge on any atom is -0.507 e. The second kappa shape index (κ2) is 10.7. The zero-order valence-electron chi connectivity index (χ0n) is 25.1. The maximum absolute atomic E-state index is 14.3. The highest BCUT2D eigenvalue weighted by molar-refractivity contribution is 6.33. The van der Waals surface area contributed by atoms with E-state index in [1.165, 1.54) is 6.07 Å². The minimum absolute atomic E-state index is 0.